The molecule has 0 aliphatic carbocycles. The number of ether oxygens (including phenoxy) is 3. The minimum atomic E-state index is -0.918. The Morgan fingerprint density at radius 2 is 1.31 bits per heavy atom. The molecule has 4 amide bonds. The van der Waals surface area contributed by atoms with Gasteiger partial charge in [-0.15, -0.1) is 0 Å². The third-order valence-corrected chi connectivity index (χ3v) is 11.7. The van der Waals surface area contributed by atoms with Gasteiger partial charge in [0.25, 0.3) is 0 Å². The van der Waals surface area contributed by atoms with E-state index >= 15 is 4.79 Å². The quantitative estimate of drug-likeness (QED) is 0.0305. The molecule has 1 aliphatic heterocycles. The second-order valence-corrected chi connectivity index (χ2v) is 16.3. The van der Waals surface area contributed by atoms with Gasteiger partial charge in [0.15, 0.2) is 0 Å². The van der Waals surface area contributed by atoms with Crippen molar-refractivity contribution >= 4 is 40.9 Å². The van der Waals surface area contributed by atoms with Crippen molar-refractivity contribution in [2.75, 3.05) is 26.2 Å². The van der Waals surface area contributed by atoms with Crippen LogP contribution in [0.3, 0.4) is 0 Å². The number of carbonyl (C=O) groups excluding carboxylic acids is 4. The molecule has 7 rings (SSSR count). The molecule has 344 valence electrons. The van der Waals surface area contributed by atoms with Crippen LogP contribution in [-0.2, 0) is 32.2 Å². The number of fused-ring (bicyclic) bond motifs is 1. The van der Waals surface area contributed by atoms with Crippen LogP contribution in [0, 0.1) is 5.41 Å². The standard InChI is InChI=1S/C54H56N6O7/c1-2-34-65-52(62)57-49(45-30-29-41-22-15-16-27-44(41)35-45)47-31-33-59(36-46(42-23-11-5-12-24-42)43-25-13-6-14-26-43)50(61)48(56-47)28-17-32-60(54(64)67-38-40-20-9-4-10-21-40)51(55)58-53(63)66-37-39-18-7-3-8-19-39/h2-16,18-27,29-30,35,46-49,56H,1,17,28,31-34,36-38H2,(H,57,62)(H2,55,58,63)/t47?,48-,49?/m0/s1. The monoisotopic (exact) mass is 900 g/mol. The molecule has 0 radical (unpaired) electrons. The predicted octanol–water partition coefficient (Wildman–Crippen LogP) is 9.46. The van der Waals surface area contributed by atoms with Gasteiger partial charge in [0.2, 0.25) is 11.9 Å². The van der Waals surface area contributed by atoms with E-state index in [-0.39, 0.29) is 51.0 Å². The first-order valence-electron chi connectivity index (χ1n) is 22.5. The minimum Gasteiger partial charge on any atom is -0.445 e. The maximum Gasteiger partial charge on any atom is 0.416 e. The number of rotatable bonds is 17. The number of hydrogen-bond acceptors (Lipinski definition) is 9. The molecule has 4 N–H and O–H groups in total. The number of nitrogens with zero attached hydrogens (tertiary/aromatic N) is 2. The molecular formula is C54H56N6O7. The van der Waals surface area contributed by atoms with Crippen LogP contribution in [0.4, 0.5) is 14.4 Å². The van der Waals surface area contributed by atoms with Crippen LogP contribution in [0.5, 0.6) is 0 Å². The first-order chi connectivity index (χ1) is 32.7. The summed E-state index contributed by atoms with van der Waals surface area (Å²) in [5, 5.41) is 20.0. The average molecular weight is 901 g/mol. The summed E-state index contributed by atoms with van der Waals surface area (Å²) in [4.78, 5) is 58.0. The Hall–Kier alpha value is -7.77. The van der Waals surface area contributed by atoms with Crippen molar-refractivity contribution < 1.29 is 33.4 Å². The number of alkyl carbamates (subject to hydrolysis) is 2. The molecule has 0 aromatic heterocycles. The molecule has 67 heavy (non-hydrogen) atoms. The zero-order chi connectivity index (χ0) is 46.8. The Labute approximate surface area is 391 Å². The maximum absolute atomic E-state index is 15.0. The molecule has 1 aliphatic rings. The molecule has 6 aromatic carbocycles. The Morgan fingerprint density at radius 3 is 1.94 bits per heavy atom. The summed E-state index contributed by atoms with van der Waals surface area (Å²) in [6.45, 7) is 4.26. The lowest BCUT2D eigenvalue weighted by Crippen LogP contribution is -2.51. The van der Waals surface area contributed by atoms with Gasteiger partial charge < -0.3 is 29.7 Å². The Morgan fingerprint density at radius 1 is 0.731 bits per heavy atom. The zero-order valence-corrected chi connectivity index (χ0v) is 37.3. The van der Waals surface area contributed by atoms with Crippen LogP contribution in [0.1, 0.15) is 59.0 Å². The van der Waals surface area contributed by atoms with E-state index in [0.717, 1.165) is 43.5 Å². The second kappa shape index (κ2) is 24.0. The maximum atomic E-state index is 15.0. The van der Waals surface area contributed by atoms with E-state index in [9.17, 15) is 14.4 Å². The number of amides is 4. The molecule has 0 bridgehead atoms. The molecule has 0 saturated carbocycles. The number of carbonyl (C=O) groups is 4. The predicted molar refractivity (Wildman–Crippen MR) is 258 cm³/mol. The van der Waals surface area contributed by atoms with Gasteiger partial charge in [-0.05, 0) is 63.9 Å². The highest BCUT2D eigenvalue weighted by atomic mass is 16.6. The summed E-state index contributed by atoms with van der Waals surface area (Å²) < 4.78 is 16.5. The second-order valence-electron chi connectivity index (χ2n) is 16.3. The summed E-state index contributed by atoms with van der Waals surface area (Å²) in [6.07, 6.45) is -0.00922. The van der Waals surface area contributed by atoms with E-state index in [1.165, 1.54) is 6.08 Å². The molecule has 1 saturated heterocycles. The van der Waals surface area contributed by atoms with Gasteiger partial charge in [-0.1, -0.05) is 170 Å². The van der Waals surface area contributed by atoms with Gasteiger partial charge in [-0.3, -0.25) is 15.5 Å². The largest absolute Gasteiger partial charge is 0.445 e. The van der Waals surface area contributed by atoms with E-state index in [4.69, 9.17) is 19.6 Å². The van der Waals surface area contributed by atoms with Crippen molar-refractivity contribution in [2.24, 2.45) is 0 Å². The molecule has 13 nitrogen and oxygen atoms in total. The van der Waals surface area contributed by atoms with Crippen LogP contribution in [0.25, 0.3) is 10.8 Å². The van der Waals surface area contributed by atoms with Gasteiger partial charge in [0.05, 0.1) is 12.1 Å². The number of guanidine groups is 1. The van der Waals surface area contributed by atoms with Crippen LogP contribution >= 0.6 is 0 Å². The van der Waals surface area contributed by atoms with Crippen molar-refractivity contribution in [3.05, 3.63) is 204 Å². The summed E-state index contributed by atoms with van der Waals surface area (Å²) in [6, 6.07) is 50.5. The van der Waals surface area contributed by atoms with E-state index in [1.807, 2.05) is 132 Å². The fourth-order valence-corrected chi connectivity index (χ4v) is 8.27. The Kier molecular flexibility index (Phi) is 16.9. The third-order valence-electron chi connectivity index (χ3n) is 11.7. The highest BCUT2D eigenvalue weighted by Crippen LogP contribution is 2.30. The molecule has 3 atom stereocenters. The lowest BCUT2D eigenvalue weighted by atomic mass is 9.90. The topological polar surface area (TPSA) is 162 Å². The fourth-order valence-electron chi connectivity index (χ4n) is 8.27. The van der Waals surface area contributed by atoms with Crippen LogP contribution in [-0.4, -0.2) is 78.3 Å². The normalized spacial score (nSPS) is 15.2. The van der Waals surface area contributed by atoms with Crippen molar-refractivity contribution in [2.45, 2.75) is 56.5 Å². The van der Waals surface area contributed by atoms with Gasteiger partial charge in [-0.2, -0.15) is 0 Å². The smallest absolute Gasteiger partial charge is 0.416 e. The number of benzene rings is 6. The highest BCUT2D eigenvalue weighted by Gasteiger charge is 2.37. The van der Waals surface area contributed by atoms with Gasteiger partial charge in [0.1, 0.15) is 19.8 Å². The van der Waals surface area contributed by atoms with Crippen molar-refractivity contribution in [3.8, 4) is 0 Å². The van der Waals surface area contributed by atoms with Crippen LogP contribution < -0.4 is 16.0 Å². The Bertz CT molecular complexity index is 2540. The average Bonchev–Trinajstić information content (AvgIpc) is 3.52. The van der Waals surface area contributed by atoms with E-state index in [1.54, 1.807) is 12.1 Å². The van der Waals surface area contributed by atoms with Crippen LogP contribution in [0.2, 0.25) is 0 Å². The van der Waals surface area contributed by atoms with Crippen molar-refractivity contribution in [1.29, 1.82) is 5.41 Å². The summed E-state index contributed by atoms with van der Waals surface area (Å²) >= 11 is 0. The molecule has 1 fully saturated rings. The van der Waals surface area contributed by atoms with E-state index in [0.29, 0.717) is 19.5 Å². The molecular weight excluding hydrogens is 845 g/mol. The molecule has 6 aromatic rings. The summed E-state index contributed by atoms with van der Waals surface area (Å²) in [5.74, 6) is -0.834. The molecule has 0 spiro atoms. The minimum absolute atomic E-state index is 0.0164. The van der Waals surface area contributed by atoms with E-state index in [2.05, 4.69) is 46.8 Å². The van der Waals surface area contributed by atoms with E-state index < -0.39 is 42.4 Å². The van der Waals surface area contributed by atoms with Crippen LogP contribution in [0.15, 0.2) is 176 Å². The first kappa shape index (κ1) is 47.2. The van der Waals surface area contributed by atoms with Gasteiger partial charge in [-0.25, -0.2) is 19.3 Å². The lowest BCUT2D eigenvalue weighted by molar-refractivity contribution is -0.133. The summed E-state index contributed by atoms with van der Waals surface area (Å²) in [7, 11) is 0. The SMILES string of the molecule is C=CCOC(=O)NC(c1ccc2ccccc2c1)C1CCN(CC(c2ccccc2)c2ccccc2)C(=O)[C@H](CCCN(C(=N)NC(=O)OCc2ccccc2)C(=O)OCc2ccccc2)N1. The number of hydrogen-bond donors (Lipinski definition) is 4. The lowest BCUT2D eigenvalue weighted by Gasteiger charge is -2.31. The number of nitrogens with one attached hydrogen (secondary N) is 4. The van der Waals surface area contributed by atoms with Gasteiger partial charge in [0, 0.05) is 31.6 Å². The Balaban J connectivity index is 1.16. The first-order valence-corrected chi connectivity index (χ1v) is 22.5. The van der Waals surface area contributed by atoms with Crippen molar-refractivity contribution in [3.63, 3.8) is 0 Å². The molecule has 13 heteroatoms. The van der Waals surface area contributed by atoms with Gasteiger partial charge >= 0.3 is 18.3 Å². The summed E-state index contributed by atoms with van der Waals surface area (Å²) in [5.41, 5.74) is 4.44. The highest BCUT2D eigenvalue weighted by molar-refractivity contribution is 5.99. The third kappa shape index (κ3) is 13.4. The zero-order valence-electron chi connectivity index (χ0n) is 37.3. The fraction of sp³-hybridized carbons (Fsp3) is 0.241. The van der Waals surface area contributed by atoms with Crippen molar-refractivity contribution in [1.82, 2.24) is 25.8 Å². The molecule has 2 unspecified atom stereocenters. The molecule has 1 heterocycles.